The first kappa shape index (κ1) is 11.2. The van der Waals surface area contributed by atoms with Gasteiger partial charge in [-0.25, -0.2) is 9.59 Å². The van der Waals surface area contributed by atoms with Gasteiger partial charge in [0.15, 0.2) is 0 Å². The van der Waals surface area contributed by atoms with E-state index in [4.69, 9.17) is 5.11 Å². The lowest BCUT2D eigenvalue weighted by Crippen LogP contribution is -2.28. The second kappa shape index (κ2) is 4.29. The highest BCUT2D eigenvalue weighted by molar-refractivity contribution is 5.96. The second-order valence-electron chi connectivity index (χ2n) is 3.76. The molecule has 0 spiro atoms. The Morgan fingerprint density at radius 1 is 1.59 bits per heavy atom. The quantitative estimate of drug-likeness (QED) is 0.775. The Kier molecular flexibility index (Phi) is 2.82. The van der Waals surface area contributed by atoms with E-state index in [1.165, 1.54) is 17.0 Å². The van der Waals surface area contributed by atoms with Crippen molar-refractivity contribution in [2.75, 3.05) is 11.4 Å². The molecule has 0 aromatic heterocycles. The van der Waals surface area contributed by atoms with Gasteiger partial charge in [-0.05, 0) is 18.2 Å². The van der Waals surface area contributed by atoms with Gasteiger partial charge in [0, 0.05) is 5.69 Å². The van der Waals surface area contributed by atoms with Crippen LogP contribution in [0.1, 0.15) is 10.4 Å². The van der Waals surface area contributed by atoms with E-state index in [2.05, 4.69) is 11.9 Å². The van der Waals surface area contributed by atoms with E-state index >= 15 is 0 Å². The molecule has 5 nitrogen and oxygen atoms in total. The van der Waals surface area contributed by atoms with Crippen molar-refractivity contribution >= 4 is 17.7 Å². The standard InChI is InChI=1S/C12H12N2O3/c1-2-9-7-14(12(17)13-9)10-5-3-4-8(6-10)11(15)16/h2-6,9H,1,7H2,(H,13,17)(H,15,16)/t9-/m1/s1. The maximum absolute atomic E-state index is 11.6. The Hall–Kier alpha value is -2.30. The zero-order valence-electron chi connectivity index (χ0n) is 9.09. The topological polar surface area (TPSA) is 69.6 Å². The third-order valence-corrected chi connectivity index (χ3v) is 2.62. The van der Waals surface area contributed by atoms with Crippen LogP contribution in [0.4, 0.5) is 10.5 Å². The van der Waals surface area contributed by atoms with Crippen molar-refractivity contribution in [3.8, 4) is 0 Å². The molecule has 1 aromatic rings. The Morgan fingerprint density at radius 2 is 2.35 bits per heavy atom. The van der Waals surface area contributed by atoms with Gasteiger partial charge in [-0.15, -0.1) is 6.58 Å². The fraction of sp³-hybridized carbons (Fsp3) is 0.167. The molecule has 0 radical (unpaired) electrons. The first-order chi connectivity index (χ1) is 8.11. The number of aromatic carboxylic acids is 1. The minimum atomic E-state index is -1.01. The van der Waals surface area contributed by atoms with Gasteiger partial charge in [0.2, 0.25) is 0 Å². The zero-order valence-corrected chi connectivity index (χ0v) is 9.09. The number of carboxylic acid groups (broad SMARTS) is 1. The van der Waals surface area contributed by atoms with E-state index in [9.17, 15) is 9.59 Å². The number of nitrogens with one attached hydrogen (secondary N) is 1. The summed E-state index contributed by atoms with van der Waals surface area (Å²) in [5.74, 6) is -1.01. The van der Waals surface area contributed by atoms with E-state index in [0.29, 0.717) is 12.2 Å². The van der Waals surface area contributed by atoms with Gasteiger partial charge in [0.1, 0.15) is 0 Å². The normalized spacial score (nSPS) is 18.9. The minimum absolute atomic E-state index is 0.101. The highest BCUT2D eigenvalue weighted by Crippen LogP contribution is 2.20. The summed E-state index contributed by atoms with van der Waals surface area (Å²) >= 11 is 0. The number of nitrogens with zero attached hydrogens (tertiary/aromatic N) is 1. The molecular weight excluding hydrogens is 220 g/mol. The summed E-state index contributed by atoms with van der Waals surface area (Å²) in [4.78, 5) is 24.0. The summed E-state index contributed by atoms with van der Waals surface area (Å²) in [6.07, 6.45) is 1.65. The highest BCUT2D eigenvalue weighted by Gasteiger charge is 2.27. The molecule has 88 valence electrons. The van der Waals surface area contributed by atoms with Crippen LogP contribution in [0.5, 0.6) is 0 Å². The maximum atomic E-state index is 11.6. The van der Waals surface area contributed by atoms with Crippen molar-refractivity contribution in [1.82, 2.24) is 5.32 Å². The molecule has 5 heteroatoms. The maximum Gasteiger partial charge on any atom is 0.335 e. The molecule has 2 rings (SSSR count). The number of rotatable bonds is 3. The summed E-state index contributed by atoms with van der Waals surface area (Å²) < 4.78 is 0. The summed E-state index contributed by atoms with van der Waals surface area (Å²) in [6.45, 7) is 4.08. The van der Waals surface area contributed by atoms with Gasteiger partial charge >= 0.3 is 12.0 Å². The SMILES string of the molecule is C=C[C@@H]1CN(c2cccc(C(=O)O)c2)C(=O)N1. The van der Waals surface area contributed by atoms with E-state index in [1.807, 2.05) is 0 Å². The number of carbonyl (C=O) groups excluding carboxylic acids is 1. The van der Waals surface area contributed by atoms with Crippen molar-refractivity contribution in [3.63, 3.8) is 0 Å². The van der Waals surface area contributed by atoms with Gasteiger partial charge in [-0.2, -0.15) is 0 Å². The van der Waals surface area contributed by atoms with Crippen LogP contribution < -0.4 is 10.2 Å². The third kappa shape index (κ3) is 2.13. The number of hydrogen-bond acceptors (Lipinski definition) is 2. The zero-order chi connectivity index (χ0) is 12.4. The Bertz CT molecular complexity index is 484. The van der Waals surface area contributed by atoms with Crippen molar-refractivity contribution in [2.45, 2.75) is 6.04 Å². The number of anilines is 1. The Morgan fingerprint density at radius 3 is 2.94 bits per heavy atom. The molecule has 1 aliphatic rings. The summed E-state index contributed by atoms with van der Waals surface area (Å²) in [5.41, 5.74) is 0.740. The molecule has 17 heavy (non-hydrogen) atoms. The average Bonchev–Trinajstić information content (AvgIpc) is 2.71. The first-order valence-electron chi connectivity index (χ1n) is 5.16. The van der Waals surface area contributed by atoms with Gasteiger partial charge in [-0.3, -0.25) is 4.90 Å². The summed E-state index contributed by atoms with van der Waals surface area (Å²) in [6, 6.07) is 5.96. The predicted molar refractivity (Wildman–Crippen MR) is 63.3 cm³/mol. The van der Waals surface area contributed by atoms with Gasteiger partial charge in [0.25, 0.3) is 0 Å². The van der Waals surface area contributed by atoms with Gasteiger partial charge in [-0.1, -0.05) is 12.1 Å². The number of benzene rings is 1. The van der Waals surface area contributed by atoms with Crippen molar-refractivity contribution in [3.05, 3.63) is 42.5 Å². The first-order valence-corrected chi connectivity index (χ1v) is 5.16. The number of carbonyl (C=O) groups is 2. The number of carboxylic acids is 1. The van der Waals surface area contributed by atoms with E-state index < -0.39 is 5.97 Å². The van der Waals surface area contributed by atoms with E-state index in [-0.39, 0.29) is 17.6 Å². The smallest absolute Gasteiger partial charge is 0.335 e. The number of urea groups is 1. The fourth-order valence-corrected chi connectivity index (χ4v) is 1.72. The molecule has 0 saturated carbocycles. The molecule has 2 amide bonds. The van der Waals surface area contributed by atoms with E-state index in [1.54, 1.807) is 18.2 Å². The van der Waals surface area contributed by atoms with Crippen molar-refractivity contribution < 1.29 is 14.7 Å². The molecule has 1 aromatic carbocycles. The molecule has 1 atom stereocenters. The molecule has 0 bridgehead atoms. The molecule has 1 saturated heterocycles. The largest absolute Gasteiger partial charge is 0.478 e. The van der Waals surface area contributed by atoms with Crippen LogP contribution in [-0.2, 0) is 0 Å². The number of hydrogen-bond donors (Lipinski definition) is 2. The van der Waals surface area contributed by atoms with E-state index in [0.717, 1.165) is 0 Å². The molecule has 0 aliphatic carbocycles. The Balaban J connectivity index is 2.28. The molecule has 2 N–H and O–H groups in total. The van der Waals surface area contributed by atoms with Crippen LogP contribution >= 0.6 is 0 Å². The lowest BCUT2D eigenvalue weighted by Gasteiger charge is -2.14. The minimum Gasteiger partial charge on any atom is -0.478 e. The average molecular weight is 232 g/mol. The van der Waals surface area contributed by atoms with Crippen LogP contribution in [0.3, 0.4) is 0 Å². The molecule has 1 aliphatic heterocycles. The highest BCUT2D eigenvalue weighted by atomic mass is 16.4. The molecular formula is C12H12N2O3. The second-order valence-corrected chi connectivity index (χ2v) is 3.76. The van der Waals surface area contributed by atoms with Crippen molar-refractivity contribution in [1.29, 1.82) is 0 Å². The molecule has 1 fully saturated rings. The number of amides is 2. The lowest BCUT2D eigenvalue weighted by atomic mass is 10.2. The third-order valence-electron chi connectivity index (χ3n) is 2.62. The van der Waals surface area contributed by atoms with Gasteiger partial charge in [0.05, 0.1) is 18.2 Å². The summed E-state index contributed by atoms with van der Waals surface area (Å²) in [5, 5.41) is 11.6. The molecule has 1 heterocycles. The predicted octanol–water partition coefficient (Wildman–Crippen LogP) is 1.47. The van der Waals surface area contributed by atoms with Crippen LogP contribution in [0.2, 0.25) is 0 Å². The van der Waals surface area contributed by atoms with Crippen LogP contribution in [0.15, 0.2) is 36.9 Å². The molecule has 0 unspecified atom stereocenters. The lowest BCUT2D eigenvalue weighted by molar-refractivity contribution is 0.0697. The fourth-order valence-electron chi connectivity index (χ4n) is 1.72. The Labute approximate surface area is 98.4 Å². The van der Waals surface area contributed by atoms with Gasteiger partial charge < -0.3 is 10.4 Å². The summed E-state index contributed by atoms with van der Waals surface area (Å²) in [7, 11) is 0. The van der Waals surface area contributed by atoms with Crippen LogP contribution in [-0.4, -0.2) is 29.7 Å². The van der Waals surface area contributed by atoms with Crippen LogP contribution in [0.25, 0.3) is 0 Å². The monoisotopic (exact) mass is 232 g/mol. The van der Waals surface area contributed by atoms with Crippen LogP contribution in [0, 0.1) is 0 Å². The van der Waals surface area contributed by atoms with Crippen molar-refractivity contribution in [2.24, 2.45) is 0 Å².